The van der Waals surface area contributed by atoms with Crippen molar-refractivity contribution in [3.63, 3.8) is 0 Å². The van der Waals surface area contributed by atoms with Gasteiger partial charge in [-0.25, -0.2) is 17.2 Å². The van der Waals surface area contributed by atoms with Gasteiger partial charge in [0, 0.05) is 11.9 Å². The van der Waals surface area contributed by atoms with E-state index in [2.05, 4.69) is 22.0 Å². The minimum atomic E-state index is -5.04. The predicted octanol–water partition coefficient (Wildman–Crippen LogP) is 4.07. The summed E-state index contributed by atoms with van der Waals surface area (Å²) in [6.45, 7) is 3.54. The molecule has 2 saturated carbocycles. The zero-order valence-electron chi connectivity index (χ0n) is 22.6. The van der Waals surface area contributed by atoms with Crippen LogP contribution in [0, 0.1) is 18.8 Å². The van der Waals surface area contributed by atoms with E-state index >= 15 is 0 Å². The second kappa shape index (κ2) is 10.4. The van der Waals surface area contributed by atoms with E-state index in [0.717, 1.165) is 17.0 Å². The topological polar surface area (TPSA) is 109 Å². The van der Waals surface area contributed by atoms with Crippen molar-refractivity contribution in [2.75, 3.05) is 19.6 Å². The van der Waals surface area contributed by atoms with Gasteiger partial charge in [0.15, 0.2) is 9.84 Å². The van der Waals surface area contributed by atoms with Gasteiger partial charge in [-0.05, 0) is 74.7 Å². The van der Waals surface area contributed by atoms with Crippen molar-refractivity contribution in [3.05, 3.63) is 47.8 Å². The molecule has 2 aromatic rings. The van der Waals surface area contributed by atoms with Gasteiger partial charge in [0.05, 0.1) is 52.7 Å². The molecule has 1 aliphatic heterocycles. The maximum Gasteiger partial charge on any atom is 0.417 e. The summed E-state index contributed by atoms with van der Waals surface area (Å²) < 4.78 is 97.4. The number of nitrogens with one attached hydrogen (secondary N) is 1. The van der Waals surface area contributed by atoms with Gasteiger partial charge >= 0.3 is 6.18 Å². The Bertz CT molecular complexity index is 1530. The van der Waals surface area contributed by atoms with Gasteiger partial charge in [0.1, 0.15) is 0 Å². The molecule has 0 bridgehead atoms. The lowest BCUT2D eigenvalue weighted by atomic mass is 9.92. The molecule has 1 saturated heterocycles. The van der Waals surface area contributed by atoms with E-state index in [0.29, 0.717) is 24.1 Å². The van der Waals surface area contributed by atoms with Crippen molar-refractivity contribution in [2.45, 2.75) is 60.4 Å². The van der Waals surface area contributed by atoms with Crippen molar-refractivity contribution in [2.24, 2.45) is 16.8 Å². The average molecular weight is 613 g/mol. The maximum absolute atomic E-state index is 14.3. The molecule has 3 atom stereocenters. The SMILES string of the molecule is C=NCC1(NC(=O)C2CC(S(=O)(=O)c3ccc(-c4ccnc(C)c4)cc3C(F)(F)F)CC2C(=O)N2CC(F)(F)C2)CC1. The Balaban J connectivity index is 1.48. The molecule has 2 aliphatic carbocycles. The van der Waals surface area contributed by atoms with Crippen LogP contribution in [-0.4, -0.2) is 73.2 Å². The highest BCUT2D eigenvalue weighted by Gasteiger charge is 2.55. The number of carbonyl (C=O) groups excluding carboxylic acids is 2. The normalized spacial score (nSPS) is 24.5. The highest BCUT2D eigenvalue weighted by molar-refractivity contribution is 7.92. The maximum atomic E-state index is 14.3. The zero-order valence-corrected chi connectivity index (χ0v) is 23.4. The number of carbonyl (C=O) groups is 2. The van der Waals surface area contributed by atoms with Crippen molar-refractivity contribution in [3.8, 4) is 11.1 Å². The molecular formula is C28H29F5N4O4S. The number of pyridine rings is 1. The Morgan fingerprint density at radius 3 is 2.31 bits per heavy atom. The van der Waals surface area contributed by atoms with Crippen molar-refractivity contribution in [1.29, 1.82) is 0 Å². The standard InChI is InChI=1S/C28H29F5N4O4S/c1-16-9-18(5-8-35-16)17-3-4-23(22(10-17)28(31,32)33)42(40,41)19-11-20(24(38)36-26(6-7-26)13-34-2)21(12-19)25(39)37-14-27(29,30)15-37/h3-5,8-10,19-21H,2,6-7,11-15H2,1H3,(H,36,38). The second-order valence-corrected chi connectivity index (χ2v) is 13.6. The lowest BCUT2D eigenvalue weighted by molar-refractivity contribution is -0.171. The van der Waals surface area contributed by atoms with Gasteiger partial charge in [0.25, 0.3) is 5.92 Å². The van der Waals surface area contributed by atoms with Crippen LogP contribution in [0.3, 0.4) is 0 Å². The summed E-state index contributed by atoms with van der Waals surface area (Å²) in [5, 5.41) is 1.27. The number of nitrogens with zero attached hydrogens (tertiary/aromatic N) is 3. The number of hydrogen-bond donors (Lipinski definition) is 1. The molecule has 2 heterocycles. The molecule has 0 spiro atoms. The third-order valence-corrected chi connectivity index (χ3v) is 10.5. The number of halogens is 5. The van der Waals surface area contributed by atoms with Crippen molar-refractivity contribution < 1.29 is 40.0 Å². The van der Waals surface area contributed by atoms with Crippen LogP contribution in [0.1, 0.15) is 36.9 Å². The third-order valence-electron chi connectivity index (χ3n) is 8.25. The molecule has 3 unspecified atom stereocenters. The summed E-state index contributed by atoms with van der Waals surface area (Å²) in [5.41, 5.74) is -0.956. The first-order valence-corrected chi connectivity index (χ1v) is 14.9. The second-order valence-electron chi connectivity index (χ2n) is 11.4. The number of aryl methyl sites for hydroxylation is 1. The number of likely N-dealkylation sites (tertiary alicyclic amines) is 1. The summed E-state index contributed by atoms with van der Waals surface area (Å²) in [4.78, 5) is 34.3. The lowest BCUT2D eigenvalue weighted by Crippen LogP contribution is -2.60. The molecule has 1 N–H and O–H groups in total. The first kappa shape index (κ1) is 30.1. The fourth-order valence-electron chi connectivity index (χ4n) is 5.84. The molecule has 226 valence electrons. The summed E-state index contributed by atoms with van der Waals surface area (Å²) in [6.07, 6.45) is -3.35. The van der Waals surface area contributed by atoms with Crippen LogP contribution in [0.2, 0.25) is 0 Å². The summed E-state index contributed by atoms with van der Waals surface area (Å²) in [7, 11) is -4.73. The number of aliphatic imine (C=N–C) groups is 1. The van der Waals surface area contributed by atoms with Crippen LogP contribution in [-0.2, 0) is 25.6 Å². The fraction of sp³-hybridized carbons (Fsp3) is 0.500. The average Bonchev–Trinajstić information content (AvgIpc) is 3.48. The van der Waals surface area contributed by atoms with E-state index in [-0.39, 0.29) is 12.1 Å². The van der Waals surface area contributed by atoms with Crippen LogP contribution in [0.4, 0.5) is 22.0 Å². The van der Waals surface area contributed by atoms with Gasteiger partial charge < -0.3 is 10.2 Å². The van der Waals surface area contributed by atoms with Gasteiger partial charge in [-0.2, -0.15) is 13.2 Å². The highest BCUT2D eigenvalue weighted by atomic mass is 32.2. The van der Waals surface area contributed by atoms with Gasteiger partial charge in [-0.1, -0.05) is 6.07 Å². The Morgan fingerprint density at radius 2 is 1.74 bits per heavy atom. The van der Waals surface area contributed by atoms with Crippen LogP contribution in [0.5, 0.6) is 0 Å². The van der Waals surface area contributed by atoms with E-state index in [1.807, 2.05) is 0 Å². The van der Waals surface area contributed by atoms with E-state index < -0.39 is 92.8 Å². The van der Waals surface area contributed by atoms with E-state index in [1.54, 1.807) is 13.0 Å². The van der Waals surface area contributed by atoms with Gasteiger partial charge in [-0.3, -0.25) is 19.6 Å². The fourth-order valence-corrected chi connectivity index (χ4v) is 7.85. The Labute approximate surface area is 239 Å². The van der Waals surface area contributed by atoms with E-state index in [4.69, 9.17) is 0 Å². The molecule has 5 rings (SSSR count). The smallest absolute Gasteiger partial charge is 0.349 e. The highest BCUT2D eigenvalue weighted by Crippen LogP contribution is 2.45. The molecule has 3 fully saturated rings. The monoisotopic (exact) mass is 612 g/mol. The number of alkyl halides is 5. The third kappa shape index (κ3) is 5.77. The summed E-state index contributed by atoms with van der Waals surface area (Å²) in [6, 6.07) is 5.97. The molecule has 2 amide bonds. The number of sulfone groups is 1. The number of aromatic nitrogens is 1. The molecule has 1 aromatic heterocycles. The molecule has 8 nitrogen and oxygen atoms in total. The molecular weight excluding hydrogens is 583 g/mol. The molecule has 42 heavy (non-hydrogen) atoms. The van der Waals surface area contributed by atoms with Gasteiger partial charge in [0.2, 0.25) is 11.8 Å². The van der Waals surface area contributed by atoms with Crippen molar-refractivity contribution >= 4 is 28.4 Å². The molecule has 14 heteroatoms. The molecule has 3 aliphatic rings. The largest absolute Gasteiger partial charge is 0.417 e. The molecule has 0 radical (unpaired) electrons. The Hall–Kier alpha value is -3.42. The van der Waals surface area contributed by atoms with Gasteiger partial charge in [-0.15, -0.1) is 0 Å². The summed E-state index contributed by atoms with van der Waals surface area (Å²) in [5.74, 6) is -7.09. The number of hydrogen-bond acceptors (Lipinski definition) is 6. The first-order chi connectivity index (χ1) is 19.6. The van der Waals surface area contributed by atoms with E-state index in [1.165, 1.54) is 18.3 Å². The summed E-state index contributed by atoms with van der Waals surface area (Å²) >= 11 is 0. The van der Waals surface area contributed by atoms with Crippen LogP contribution in [0.25, 0.3) is 11.1 Å². The number of benzene rings is 1. The Kier molecular flexibility index (Phi) is 7.43. The van der Waals surface area contributed by atoms with E-state index in [9.17, 15) is 40.0 Å². The van der Waals surface area contributed by atoms with Crippen LogP contribution < -0.4 is 5.32 Å². The first-order valence-electron chi connectivity index (χ1n) is 13.3. The van der Waals surface area contributed by atoms with Crippen LogP contribution >= 0.6 is 0 Å². The zero-order chi connectivity index (χ0) is 30.7. The number of rotatable bonds is 8. The molecule has 1 aromatic carbocycles. The quantitative estimate of drug-likeness (QED) is 0.357. The van der Waals surface area contributed by atoms with Crippen LogP contribution in [0.15, 0.2) is 46.4 Å². The Morgan fingerprint density at radius 1 is 1.10 bits per heavy atom. The minimum absolute atomic E-state index is 0.132. The number of amides is 2. The minimum Gasteiger partial charge on any atom is -0.349 e. The van der Waals surface area contributed by atoms with Crippen molar-refractivity contribution in [1.82, 2.24) is 15.2 Å². The predicted molar refractivity (Wildman–Crippen MR) is 143 cm³/mol. The lowest BCUT2D eigenvalue weighted by Gasteiger charge is -2.40.